The van der Waals surface area contributed by atoms with Crippen molar-refractivity contribution in [3.8, 4) is 6.01 Å². The number of aromatic amines is 1. The molecule has 0 aliphatic carbocycles. The predicted molar refractivity (Wildman–Crippen MR) is 165 cm³/mol. The zero-order valence-corrected chi connectivity index (χ0v) is 25.8. The van der Waals surface area contributed by atoms with Crippen LogP contribution in [0.3, 0.4) is 0 Å². The summed E-state index contributed by atoms with van der Waals surface area (Å²) in [4.78, 5) is 61.8. The Morgan fingerprint density at radius 1 is 1.09 bits per heavy atom. The highest BCUT2D eigenvalue weighted by Crippen LogP contribution is 2.19. The standard InChI is InChI=1S/C28H40N8O6S/c1-18(43-4)15-23(39)35(2)12-11-30-21(37)9-10-22(38)31-16-19-5-7-20(8-6-19)17-36-26-24(32-28(36)40)25(29)33-27(34-26)42-14-13-41-3/h5-8,18H,9-17H2,1-4H3,(H,30,37)(H,31,38)(H,32,40)(H2,29,33,34). The molecular weight excluding hydrogens is 576 g/mol. The van der Waals surface area contributed by atoms with Crippen molar-refractivity contribution in [2.45, 2.75) is 44.5 Å². The smallest absolute Gasteiger partial charge is 0.328 e. The molecule has 5 N–H and O–H groups in total. The first-order chi connectivity index (χ1) is 20.6. The number of nitrogen functional groups attached to an aromatic ring is 1. The maximum atomic E-state index is 12.6. The minimum Gasteiger partial charge on any atom is -0.461 e. The number of thioether (sulfide) groups is 1. The molecule has 0 radical (unpaired) electrons. The fourth-order valence-electron chi connectivity index (χ4n) is 3.98. The van der Waals surface area contributed by atoms with E-state index >= 15 is 0 Å². The van der Waals surface area contributed by atoms with Crippen LogP contribution in [0.4, 0.5) is 5.82 Å². The van der Waals surface area contributed by atoms with Crippen molar-refractivity contribution in [1.29, 1.82) is 0 Å². The lowest BCUT2D eigenvalue weighted by Crippen LogP contribution is -2.37. The first-order valence-electron chi connectivity index (χ1n) is 13.9. The van der Waals surface area contributed by atoms with Gasteiger partial charge < -0.3 is 35.7 Å². The molecule has 15 heteroatoms. The number of aromatic nitrogens is 4. The molecule has 2 aromatic heterocycles. The van der Waals surface area contributed by atoms with Gasteiger partial charge in [0, 0.05) is 58.3 Å². The van der Waals surface area contributed by atoms with Crippen molar-refractivity contribution in [3.63, 3.8) is 0 Å². The van der Waals surface area contributed by atoms with Crippen LogP contribution in [0.1, 0.15) is 37.3 Å². The van der Waals surface area contributed by atoms with E-state index < -0.39 is 0 Å². The Morgan fingerprint density at radius 2 is 1.77 bits per heavy atom. The van der Waals surface area contributed by atoms with Gasteiger partial charge in [0.2, 0.25) is 17.7 Å². The molecule has 3 rings (SSSR count). The molecule has 234 valence electrons. The average molecular weight is 617 g/mol. The number of ether oxygens (including phenoxy) is 2. The SMILES string of the molecule is COCCOc1nc(N)c2[nH]c(=O)n(Cc3ccc(CNC(=O)CCC(=O)NCCN(C)C(=O)CC(C)SC)cc3)c2n1. The minimum absolute atomic E-state index is 0.0354. The lowest BCUT2D eigenvalue weighted by atomic mass is 10.1. The lowest BCUT2D eigenvalue weighted by Gasteiger charge is -2.19. The van der Waals surface area contributed by atoms with Crippen molar-refractivity contribution in [1.82, 2.24) is 35.1 Å². The van der Waals surface area contributed by atoms with Crippen LogP contribution in [0.2, 0.25) is 0 Å². The van der Waals surface area contributed by atoms with Gasteiger partial charge in [-0.05, 0) is 17.4 Å². The first kappa shape index (κ1) is 33.4. The molecule has 0 aliphatic heterocycles. The monoisotopic (exact) mass is 616 g/mol. The Morgan fingerprint density at radius 3 is 2.44 bits per heavy atom. The van der Waals surface area contributed by atoms with Crippen molar-refractivity contribution < 1.29 is 23.9 Å². The van der Waals surface area contributed by atoms with E-state index in [2.05, 4.69) is 25.6 Å². The zero-order valence-electron chi connectivity index (χ0n) is 25.0. The Labute approximate surface area is 254 Å². The lowest BCUT2D eigenvalue weighted by molar-refractivity contribution is -0.130. The molecule has 1 atom stereocenters. The molecule has 3 amide bonds. The second-order valence-electron chi connectivity index (χ2n) is 9.96. The van der Waals surface area contributed by atoms with Crippen LogP contribution in [0.5, 0.6) is 6.01 Å². The van der Waals surface area contributed by atoms with E-state index in [-0.39, 0.29) is 66.5 Å². The van der Waals surface area contributed by atoms with E-state index in [4.69, 9.17) is 15.2 Å². The van der Waals surface area contributed by atoms with E-state index in [0.717, 1.165) is 11.1 Å². The Kier molecular flexibility index (Phi) is 12.8. The van der Waals surface area contributed by atoms with Gasteiger partial charge in [0.25, 0.3) is 0 Å². The van der Waals surface area contributed by atoms with Crippen molar-refractivity contribution in [2.75, 3.05) is 52.5 Å². The second-order valence-corrected chi connectivity index (χ2v) is 11.2. The van der Waals surface area contributed by atoms with Crippen LogP contribution >= 0.6 is 11.8 Å². The third kappa shape index (κ3) is 10.3. The molecule has 1 aromatic carbocycles. The molecule has 0 saturated heterocycles. The molecule has 0 aliphatic rings. The van der Waals surface area contributed by atoms with Gasteiger partial charge in [-0.3, -0.25) is 19.0 Å². The van der Waals surface area contributed by atoms with Crippen LogP contribution < -0.4 is 26.8 Å². The van der Waals surface area contributed by atoms with Crippen LogP contribution in [-0.4, -0.2) is 94.1 Å². The van der Waals surface area contributed by atoms with Crippen LogP contribution in [0.15, 0.2) is 29.1 Å². The van der Waals surface area contributed by atoms with E-state index in [0.29, 0.717) is 43.8 Å². The van der Waals surface area contributed by atoms with Crippen molar-refractivity contribution in [2.24, 2.45) is 0 Å². The number of hydrogen-bond acceptors (Lipinski definition) is 10. The Balaban J connectivity index is 1.44. The fourth-order valence-corrected chi connectivity index (χ4v) is 4.29. The summed E-state index contributed by atoms with van der Waals surface area (Å²) in [5, 5.41) is 5.81. The highest BCUT2D eigenvalue weighted by atomic mass is 32.2. The Hall–Kier alpha value is -4.11. The summed E-state index contributed by atoms with van der Waals surface area (Å²) in [5.74, 6) is -0.351. The topological polar surface area (TPSA) is 187 Å². The molecule has 0 saturated carbocycles. The summed E-state index contributed by atoms with van der Waals surface area (Å²) in [5.41, 5.74) is 7.96. The first-order valence-corrected chi connectivity index (χ1v) is 15.2. The van der Waals surface area contributed by atoms with Crippen LogP contribution in [0, 0.1) is 0 Å². The molecule has 0 spiro atoms. The number of methoxy groups -OCH3 is 1. The number of amides is 3. The number of nitrogens with zero attached hydrogens (tertiary/aromatic N) is 4. The second kappa shape index (κ2) is 16.5. The van der Waals surface area contributed by atoms with Gasteiger partial charge in [0.15, 0.2) is 11.5 Å². The number of anilines is 1. The highest BCUT2D eigenvalue weighted by Gasteiger charge is 2.16. The molecule has 0 bridgehead atoms. The van der Waals surface area contributed by atoms with E-state index in [1.807, 2.05) is 37.4 Å². The quantitative estimate of drug-likeness (QED) is 0.159. The highest BCUT2D eigenvalue weighted by molar-refractivity contribution is 7.99. The van der Waals surface area contributed by atoms with Gasteiger partial charge in [-0.2, -0.15) is 21.7 Å². The maximum absolute atomic E-state index is 12.6. The van der Waals surface area contributed by atoms with Gasteiger partial charge in [-0.15, -0.1) is 0 Å². The number of hydrogen-bond donors (Lipinski definition) is 4. The number of imidazole rings is 1. The van der Waals surface area contributed by atoms with Gasteiger partial charge in [-0.1, -0.05) is 31.2 Å². The minimum atomic E-state index is -0.383. The number of benzene rings is 1. The number of carbonyl (C=O) groups excluding carboxylic acids is 3. The third-order valence-corrected chi connectivity index (χ3v) is 7.61. The van der Waals surface area contributed by atoms with Crippen LogP contribution in [-0.2, 0) is 32.2 Å². The zero-order chi connectivity index (χ0) is 31.4. The Bertz CT molecular complexity index is 1440. The molecule has 14 nitrogen and oxygen atoms in total. The number of fused-ring (bicyclic) bond motifs is 1. The van der Waals surface area contributed by atoms with Crippen molar-refractivity contribution >= 4 is 46.5 Å². The van der Waals surface area contributed by atoms with E-state index in [1.54, 1.807) is 30.8 Å². The summed E-state index contributed by atoms with van der Waals surface area (Å²) < 4.78 is 11.9. The van der Waals surface area contributed by atoms with E-state index in [1.165, 1.54) is 4.57 Å². The van der Waals surface area contributed by atoms with Gasteiger partial charge in [-0.25, -0.2) is 4.79 Å². The van der Waals surface area contributed by atoms with Crippen LogP contribution in [0.25, 0.3) is 11.2 Å². The fraction of sp³-hybridized carbons (Fsp3) is 0.500. The number of likely N-dealkylation sites (N-methyl/N-ethyl adjacent to an activating group) is 1. The number of nitrogens with two attached hydrogens (primary N) is 1. The molecule has 2 heterocycles. The van der Waals surface area contributed by atoms with E-state index in [9.17, 15) is 19.2 Å². The summed E-state index contributed by atoms with van der Waals surface area (Å²) in [6, 6.07) is 7.45. The summed E-state index contributed by atoms with van der Waals surface area (Å²) in [6.45, 7) is 3.85. The molecule has 1 unspecified atom stereocenters. The number of nitrogens with one attached hydrogen (secondary N) is 3. The molecule has 43 heavy (non-hydrogen) atoms. The number of H-pyrrole nitrogens is 1. The normalized spacial score (nSPS) is 11.7. The van der Waals surface area contributed by atoms with Crippen molar-refractivity contribution in [3.05, 3.63) is 45.9 Å². The maximum Gasteiger partial charge on any atom is 0.328 e. The summed E-state index contributed by atoms with van der Waals surface area (Å²) in [6.07, 6.45) is 2.53. The summed E-state index contributed by atoms with van der Waals surface area (Å²) in [7, 11) is 3.26. The predicted octanol–water partition coefficient (Wildman–Crippen LogP) is 0.888. The third-order valence-electron chi connectivity index (χ3n) is 6.64. The number of carbonyl (C=O) groups is 3. The molecule has 0 fully saturated rings. The average Bonchev–Trinajstić information content (AvgIpc) is 3.30. The summed E-state index contributed by atoms with van der Waals surface area (Å²) >= 11 is 1.63. The van der Waals surface area contributed by atoms with Gasteiger partial charge >= 0.3 is 11.7 Å². The molecular formula is C28H40N8O6S. The molecule has 3 aromatic rings. The largest absolute Gasteiger partial charge is 0.461 e. The van der Waals surface area contributed by atoms with Gasteiger partial charge in [0.1, 0.15) is 12.1 Å². The van der Waals surface area contributed by atoms with Gasteiger partial charge in [0.05, 0.1) is 13.2 Å². The number of rotatable bonds is 17.